The van der Waals surface area contributed by atoms with Crippen molar-refractivity contribution in [2.24, 2.45) is 0 Å². The molecule has 0 radical (unpaired) electrons. The fourth-order valence-corrected chi connectivity index (χ4v) is 2.68. The smallest absolute Gasteiger partial charge is 0.323 e. The molecule has 0 saturated heterocycles. The van der Waals surface area contributed by atoms with E-state index in [2.05, 4.69) is 0 Å². The van der Waals surface area contributed by atoms with Crippen molar-refractivity contribution in [2.75, 3.05) is 11.4 Å². The molecule has 1 atom stereocenters. The Morgan fingerprint density at radius 2 is 1.92 bits per heavy atom. The fraction of sp³-hybridized carbons (Fsp3) is 0.222. The molecule has 6 nitrogen and oxygen atoms in total. The van der Waals surface area contributed by atoms with Crippen LogP contribution >= 0.6 is 0 Å². The summed E-state index contributed by atoms with van der Waals surface area (Å²) in [6, 6.07) is 12.0. The predicted molar refractivity (Wildman–Crippen MR) is 87.4 cm³/mol. The van der Waals surface area contributed by atoms with Crippen molar-refractivity contribution >= 4 is 17.6 Å². The molecule has 0 spiro atoms. The molecule has 0 aromatic heterocycles. The molecule has 1 unspecified atom stereocenters. The van der Waals surface area contributed by atoms with Gasteiger partial charge in [-0.3, -0.25) is 14.5 Å². The highest BCUT2D eigenvalue weighted by Crippen LogP contribution is 2.37. The van der Waals surface area contributed by atoms with Crippen molar-refractivity contribution in [2.45, 2.75) is 19.4 Å². The predicted octanol–water partition coefficient (Wildman–Crippen LogP) is 2.12. The lowest BCUT2D eigenvalue weighted by Crippen LogP contribution is -2.48. The Balaban J connectivity index is 1.92. The Hall–Kier alpha value is -3.02. The van der Waals surface area contributed by atoms with Crippen LogP contribution in [0.1, 0.15) is 11.1 Å². The summed E-state index contributed by atoms with van der Waals surface area (Å²) in [5, 5.41) is 18.7. The monoisotopic (exact) mass is 327 g/mol. The zero-order valence-corrected chi connectivity index (χ0v) is 13.1. The van der Waals surface area contributed by atoms with Crippen LogP contribution in [0.25, 0.3) is 0 Å². The van der Waals surface area contributed by atoms with Gasteiger partial charge in [0.2, 0.25) is 0 Å². The van der Waals surface area contributed by atoms with Gasteiger partial charge in [0.05, 0.1) is 5.69 Å². The van der Waals surface area contributed by atoms with Gasteiger partial charge in [0.25, 0.3) is 5.91 Å². The second kappa shape index (κ2) is 6.23. The van der Waals surface area contributed by atoms with Gasteiger partial charge in [0.15, 0.2) is 6.10 Å². The van der Waals surface area contributed by atoms with Crippen LogP contribution in [0.15, 0.2) is 42.5 Å². The van der Waals surface area contributed by atoms with Gasteiger partial charge in [-0.05, 0) is 24.6 Å². The molecule has 2 aromatic carbocycles. The van der Waals surface area contributed by atoms with Crippen molar-refractivity contribution in [1.82, 2.24) is 0 Å². The first-order chi connectivity index (χ1) is 11.4. The molecule has 2 aromatic rings. The number of hydrogen-bond acceptors (Lipinski definition) is 4. The molecule has 1 heterocycles. The van der Waals surface area contributed by atoms with E-state index in [-0.39, 0.29) is 11.4 Å². The molecule has 0 bridgehead atoms. The van der Waals surface area contributed by atoms with E-state index in [4.69, 9.17) is 9.84 Å². The van der Waals surface area contributed by atoms with E-state index in [1.807, 2.05) is 31.2 Å². The highest BCUT2D eigenvalue weighted by atomic mass is 16.5. The number of rotatable bonds is 4. The summed E-state index contributed by atoms with van der Waals surface area (Å²) in [5.74, 6) is -1.24. The molecule has 1 aliphatic heterocycles. The summed E-state index contributed by atoms with van der Waals surface area (Å²) in [7, 11) is 0. The Morgan fingerprint density at radius 1 is 1.21 bits per heavy atom. The van der Waals surface area contributed by atoms with Crippen LogP contribution in [0, 0.1) is 6.92 Å². The highest BCUT2D eigenvalue weighted by Gasteiger charge is 2.35. The van der Waals surface area contributed by atoms with Crippen molar-refractivity contribution < 1.29 is 24.5 Å². The van der Waals surface area contributed by atoms with Crippen LogP contribution in [0.5, 0.6) is 11.5 Å². The standard InChI is InChI=1S/C18H17NO5/c1-11-2-4-12(5-3-11)8-16-18(23)19(10-17(21)22)14-9-13(20)6-7-15(14)24-16/h2-7,9,16,20H,8,10H2,1H3,(H,21,22). The topological polar surface area (TPSA) is 87.1 Å². The molecule has 6 heteroatoms. The zero-order valence-electron chi connectivity index (χ0n) is 13.1. The quantitative estimate of drug-likeness (QED) is 0.898. The lowest BCUT2D eigenvalue weighted by Gasteiger charge is -2.33. The van der Waals surface area contributed by atoms with Crippen molar-refractivity contribution in [3.63, 3.8) is 0 Å². The van der Waals surface area contributed by atoms with E-state index in [1.165, 1.54) is 18.2 Å². The number of aryl methyl sites for hydroxylation is 1. The number of hydrogen-bond donors (Lipinski definition) is 2. The van der Waals surface area contributed by atoms with Crippen LogP contribution in [0.4, 0.5) is 5.69 Å². The van der Waals surface area contributed by atoms with Gasteiger partial charge in [-0.1, -0.05) is 29.8 Å². The second-order valence-electron chi connectivity index (χ2n) is 5.77. The number of carbonyl (C=O) groups is 2. The maximum absolute atomic E-state index is 12.7. The van der Waals surface area contributed by atoms with E-state index >= 15 is 0 Å². The van der Waals surface area contributed by atoms with Gasteiger partial charge in [0.1, 0.15) is 18.0 Å². The summed E-state index contributed by atoms with van der Waals surface area (Å²) in [4.78, 5) is 24.9. The van der Waals surface area contributed by atoms with E-state index in [0.717, 1.165) is 16.0 Å². The Bertz CT molecular complexity index is 784. The number of phenolic OH excluding ortho intramolecular Hbond substituents is 1. The number of fused-ring (bicyclic) bond motifs is 1. The molecule has 1 amide bonds. The van der Waals surface area contributed by atoms with Crippen LogP contribution in [0.3, 0.4) is 0 Å². The van der Waals surface area contributed by atoms with Crippen molar-refractivity contribution in [3.8, 4) is 11.5 Å². The number of ether oxygens (including phenoxy) is 1. The second-order valence-corrected chi connectivity index (χ2v) is 5.77. The van der Waals surface area contributed by atoms with Crippen LogP contribution < -0.4 is 9.64 Å². The number of nitrogens with zero attached hydrogens (tertiary/aromatic N) is 1. The lowest BCUT2D eigenvalue weighted by molar-refractivity contribution is -0.137. The number of carbonyl (C=O) groups excluding carboxylic acids is 1. The zero-order chi connectivity index (χ0) is 17.3. The lowest BCUT2D eigenvalue weighted by atomic mass is 10.0. The summed E-state index contributed by atoms with van der Waals surface area (Å²) in [6.07, 6.45) is -0.459. The normalized spacial score (nSPS) is 16.5. The number of benzene rings is 2. The number of anilines is 1. The van der Waals surface area contributed by atoms with E-state index in [0.29, 0.717) is 12.2 Å². The third-order valence-electron chi connectivity index (χ3n) is 3.88. The summed E-state index contributed by atoms with van der Waals surface area (Å²) in [6.45, 7) is 1.49. The first-order valence-electron chi connectivity index (χ1n) is 7.52. The summed E-state index contributed by atoms with van der Waals surface area (Å²) < 4.78 is 5.75. The number of aromatic hydroxyl groups is 1. The van der Waals surface area contributed by atoms with E-state index in [1.54, 1.807) is 0 Å². The summed E-state index contributed by atoms with van der Waals surface area (Å²) >= 11 is 0. The molecular formula is C18H17NO5. The van der Waals surface area contributed by atoms with E-state index < -0.39 is 24.5 Å². The highest BCUT2D eigenvalue weighted by molar-refractivity contribution is 6.03. The maximum Gasteiger partial charge on any atom is 0.323 e. The average molecular weight is 327 g/mol. The van der Waals surface area contributed by atoms with Crippen molar-refractivity contribution in [1.29, 1.82) is 0 Å². The number of amides is 1. The Kier molecular flexibility index (Phi) is 4.12. The maximum atomic E-state index is 12.7. The molecule has 24 heavy (non-hydrogen) atoms. The molecule has 0 aliphatic carbocycles. The average Bonchev–Trinajstić information content (AvgIpc) is 2.54. The molecule has 2 N–H and O–H groups in total. The molecule has 3 rings (SSSR count). The molecule has 124 valence electrons. The van der Waals surface area contributed by atoms with Gasteiger partial charge in [0, 0.05) is 12.5 Å². The number of carboxylic acids is 1. The minimum absolute atomic E-state index is 0.0578. The third-order valence-corrected chi connectivity index (χ3v) is 3.88. The largest absolute Gasteiger partial charge is 0.508 e. The van der Waals surface area contributed by atoms with Crippen LogP contribution in [-0.2, 0) is 16.0 Å². The molecular weight excluding hydrogens is 310 g/mol. The van der Waals surface area contributed by atoms with Crippen LogP contribution in [-0.4, -0.2) is 34.7 Å². The van der Waals surface area contributed by atoms with Gasteiger partial charge >= 0.3 is 5.97 Å². The third kappa shape index (κ3) is 3.17. The van der Waals surface area contributed by atoms with Crippen LogP contribution in [0.2, 0.25) is 0 Å². The minimum Gasteiger partial charge on any atom is -0.508 e. The van der Waals surface area contributed by atoms with Gasteiger partial charge in [-0.25, -0.2) is 0 Å². The number of aliphatic carboxylic acids is 1. The molecule has 0 fully saturated rings. The summed E-state index contributed by atoms with van der Waals surface area (Å²) in [5.41, 5.74) is 2.31. The Morgan fingerprint density at radius 3 is 2.58 bits per heavy atom. The SMILES string of the molecule is Cc1ccc(CC2Oc3ccc(O)cc3N(CC(=O)O)C2=O)cc1. The van der Waals surface area contributed by atoms with Crippen molar-refractivity contribution in [3.05, 3.63) is 53.6 Å². The van der Waals surface area contributed by atoms with E-state index in [9.17, 15) is 14.7 Å². The van der Waals surface area contributed by atoms with Gasteiger partial charge in [-0.2, -0.15) is 0 Å². The fourth-order valence-electron chi connectivity index (χ4n) is 2.68. The molecule has 1 aliphatic rings. The first kappa shape index (κ1) is 15.9. The van der Waals surface area contributed by atoms with Gasteiger partial charge in [-0.15, -0.1) is 0 Å². The number of phenols is 1. The Labute approximate surface area is 138 Å². The van der Waals surface area contributed by atoms with Gasteiger partial charge < -0.3 is 14.9 Å². The minimum atomic E-state index is -1.13. The first-order valence-corrected chi connectivity index (χ1v) is 7.52. The number of carboxylic acid groups (broad SMARTS) is 1. The molecule has 0 saturated carbocycles.